The Bertz CT molecular complexity index is 147. The second-order valence-electron chi connectivity index (χ2n) is 3.54. The Morgan fingerprint density at radius 1 is 1.42 bits per heavy atom. The Kier molecular flexibility index (Phi) is 6.73. The average Bonchev–Trinajstić information content (AvgIpc) is 2.04. The Morgan fingerprint density at radius 2 is 2.08 bits per heavy atom. The molecule has 1 unspecified atom stereocenters. The van der Waals surface area contributed by atoms with E-state index in [1.54, 1.807) is 0 Å². The summed E-state index contributed by atoms with van der Waals surface area (Å²) in [6.07, 6.45) is 7.76. The highest BCUT2D eigenvalue weighted by atomic mass is 16.1. The van der Waals surface area contributed by atoms with E-state index < -0.39 is 0 Å². The van der Waals surface area contributed by atoms with Crippen LogP contribution in [0.1, 0.15) is 46.5 Å². The minimum absolute atomic E-state index is 0.797. The van der Waals surface area contributed by atoms with Gasteiger partial charge in [0.05, 0.1) is 0 Å². The highest BCUT2D eigenvalue weighted by Crippen LogP contribution is 2.12. The van der Waals surface area contributed by atoms with Gasteiger partial charge in [-0.3, -0.25) is 4.79 Å². The molecule has 1 atom stereocenters. The molecule has 0 aliphatic heterocycles. The van der Waals surface area contributed by atoms with Crippen LogP contribution in [0, 0.1) is 5.92 Å². The topological polar surface area (TPSA) is 17.1 Å². The maximum absolute atomic E-state index is 10.2. The summed E-state index contributed by atoms with van der Waals surface area (Å²) < 4.78 is 0. The van der Waals surface area contributed by atoms with Crippen LogP contribution in [0.2, 0.25) is 0 Å². The van der Waals surface area contributed by atoms with Crippen molar-refractivity contribution in [2.45, 2.75) is 46.5 Å². The van der Waals surface area contributed by atoms with Gasteiger partial charge in [0.25, 0.3) is 0 Å². The zero-order valence-corrected chi connectivity index (χ0v) is 8.47. The van der Waals surface area contributed by atoms with Crippen molar-refractivity contribution >= 4 is 6.29 Å². The first-order valence-corrected chi connectivity index (χ1v) is 4.82. The Balaban J connectivity index is 3.48. The zero-order chi connectivity index (χ0) is 9.40. The molecule has 0 spiro atoms. The van der Waals surface area contributed by atoms with Crippen LogP contribution in [-0.4, -0.2) is 6.29 Å². The molecule has 0 amide bonds. The molecule has 70 valence electrons. The molecule has 0 aromatic heterocycles. The third-order valence-corrected chi connectivity index (χ3v) is 2.09. The van der Waals surface area contributed by atoms with Gasteiger partial charge in [0.2, 0.25) is 0 Å². The zero-order valence-electron chi connectivity index (χ0n) is 8.47. The van der Waals surface area contributed by atoms with Crippen molar-refractivity contribution in [1.29, 1.82) is 0 Å². The van der Waals surface area contributed by atoms with Crippen LogP contribution in [0.3, 0.4) is 0 Å². The van der Waals surface area contributed by atoms with E-state index in [2.05, 4.69) is 13.8 Å². The van der Waals surface area contributed by atoms with Gasteiger partial charge in [-0.2, -0.15) is 0 Å². The molecule has 0 N–H and O–H groups in total. The first kappa shape index (κ1) is 11.4. The summed E-state index contributed by atoms with van der Waals surface area (Å²) in [7, 11) is 0. The summed E-state index contributed by atoms with van der Waals surface area (Å²) in [6, 6.07) is 0. The van der Waals surface area contributed by atoms with Crippen molar-refractivity contribution in [2.24, 2.45) is 5.92 Å². The van der Waals surface area contributed by atoms with E-state index >= 15 is 0 Å². The van der Waals surface area contributed by atoms with Gasteiger partial charge >= 0.3 is 0 Å². The molecule has 0 rings (SSSR count). The molecule has 0 saturated carbocycles. The molecule has 0 radical (unpaired) electrons. The van der Waals surface area contributed by atoms with Crippen LogP contribution in [-0.2, 0) is 4.79 Å². The number of rotatable bonds is 6. The molecule has 0 aliphatic rings. The van der Waals surface area contributed by atoms with Gasteiger partial charge < -0.3 is 0 Å². The normalized spacial score (nSPS) is 14.4. The Hall–Kier alpha value is -0.590. The molecule has 0 fully saturated rings. The van der Waals surface area contributed by atoms with E-state index in [4.69, 9.17) is 0 Å². The number of carbonyl (C=O) groups is 1. The van der Waals surface area contributed by atoms with E-state index in [1.165, 1.54) is 19.3 Å². The van der Waals surface area contributed by atoms with Gasteiger partial charge in [0.1, 0.15) is 6.29 Å². The predicted molar refractivity (Wildman–Crippen MR) is 53.1 cm³/mol. The minimum atomic E-state index is 0.797. The highest BCUT2D eigenvalue weighted by molar-refractivity contribution is 5.71. The quantitative estimate of drug-likeness (QED) is 0.439. The fourth-order valence-electron chi connectivity index (χ4n) is 1.28. The lowest BCUT2D eigenvalue weighted by Crippen LogP contribution is -1.92. The standard InChI is InChI=1S/C11H20O/c1-4-6-10(2)7-5-8-11(3)9-12/h8-10H,4-7H2,1-3H3. The maximum Gasteiger partial charge on any atom is 0.145 e. The SMILES string of the molecule is CCCC(C)CCC=C(C)C=O. The number of aldehydes is 1. The van der Waals surface area contributed by atoms with Crippen LogP contribution in [0.25, 0.3) is 0 Å². The molecular formula is C11H20O. The largest absolute Gasteiger partial charge is 0.298 e. The van der Waals surface area contributed by atoms with Crippen molar-refractivity contribution in [3.05, 3.63) is 11.6 Å². The fraction of sp³-hybridized carbons (Fsp3) is 0.727. The summed E-state index contributed by atoms with van der Waals surface area (Å²) in [5, 5.41) is 0. The van der Waals surface area contributed by atoms with Crippen molar-refractivity contribution in [1.82, 2.24) is 0 Å². The second kappa shape index (κ2) is 7.08. The molecular weight excluding hydrogens is 148 g/mol. The van der Waals surface area contributed by atoms with Crippen molar-refractivity contribution < 1.29 is 4.79 Å². The average molecular weight is 168 g/mol. The molecule has 12 heavy (non-hydrogen) atoms. The summed E-state index contributed by atoms with van der Waals surface area (Å²) >= 11 is 0. The van der Waals surface area contributed by atoms with Crippen LogP contribution < -0.4 is 0 Å². The van der Waals surface area contributed by atoms with Gasteiger partial charge in [-0.15, -0.1) is 0 Å². The monoisotopic (exact) mass is 168 g/mol. The van der Waals surface area contributed by atoms with Gasteiger partial charge in [-0.25, -0.2) is 0 Å². The van der Waals surface area contributed by atoms with E-state index in [1.807, 2.05) is 13.0 Å². The molecule has 1 nitrogen and oxygen atoms in total. The van der Waals surface area contributed by atoms with Crippen LogP contribution >= 0.6 is 0 Å². The van der Waals surface area contributed by atoms with Crippen molar-refractivity contribution in [3.63, 3.8) is 0 Å². The first-order chi connectivity index (χ1) is 5.70. The second-order valence-corrected chi connectivity index (χ2v) is 3.54. The molecule has 0 aromatic rings. The summed E-state index contributed by atoms with van der Waals surface area (Å²) in [6.45, 7) is 6.34. The first-order valence-electron chi connectivity index (χ1n) is 4.82. The van der Waals surface area contributed by atoms with Crippen LogP contribution in [0.15, 0.2) is 11.6 Å². The number of carbonyl (C=O) groups excluding carboxylic acids is 1. The van der Waals surface area contributed by atoms with Gasteiger partial charge in [-0.05, 0) is 31.3 Å². The van der Waals surface area contributed by atoms with E-state index in [9.17, 15) is 4.79 Å². The van der Waals surface area contributed by atoms with Crippen LogP contribution in [0.4, 0.5) is 0 Å². The van der Waals surface area contributed by atoms with E-state index in [0.29, 0.717) is 0 Å². The Morgan fingerprint density at radius 3 is 2.58 bits per heavy atom. The number of allylic oxidation sites excluding steroid dienone is 2. The smallest absolute Gasteiger partial charge is 0.145 e. The molecule has 0 aromatic carbocycles. The molecule has 1 heteroatoms. The lowest BCUT2D eigenvalue weighted by molar-refractivity contribution is -0.104. The third-order valence-electron chi connectivity index (χ3n) is 2.09. The van der Waals surface area contributed by atoms with Crippen LogP contribution in [0.5, 0.6) is 0 Å². The Labute approximate surface area is 75.9 Å². The molecule has 0 aliphatic carbocycles. The lowest BCUT2D eigenvalue weighted by atomic mass is 10.00. The summed E-state index contributed by atoms with van der Waals surface area (Å²) in [4.78, 5) is 10.2. The van der Waals surface area contributed by atoms with Crippen molar-refractivity contribution in [2.75, 3.05) is 0 Å². The van der Waals surface area contributed by atoms with Crippen molar-refractivity contribution in [3.8, 4) is 0 Å². The molecule has 0 saturated heterocycles. The van der Waals surface area contributed by atoms with Gasteiger partial charge in [0.15, 0.2) is 0 Å². The maximum atomic E-state index is 10.2. The highest BCUT2D eigenvalue weighted by Gasteiger charge is 1.98. The molecule has 0 heterocycles. The van der Waals surface area contributed by atoms with E-state index in [0.717, 1.165) is 24.2 Å². The van der Waals surface area contributed by atoms with Gasteiger partial charge in [-0.1, -0.05) is 32.8 Å². The predicted octanol–water partition coefficient (Wildman–Crippen LogP) is 3.35. The fourth-order valence-corrected chi connectivity index (χ4v) is 1.28. The number of hydrogen-bond donors (Lipinski definition) is 0. The summed E-state index contributed by atoms with van der Waals surface area (Å²) in [5.41, 5.74) is 0.860. The third kappa shape index (κ3) is 6.14. The molecule has 0 bridgehead atoms. The van der Waals surface area contributed by atoms with E-state index in [-0.39, 0.29) is 0 Å². The van der Waals surface area contributed by atoms with Gasteiger partial charge in [0, 0.05) is 0 Å². The summed E-state index contributed by atoms with van der Waals surface area (Å²) in [5.74, 6) is 0.797. The number of hydrogen-bond acceptors (Lipinski definition) is 1. The lowest BCUT2D eigenvalue weighted by Gasteiger charge is -2.06. The minimum Gasteiger partial charge on any atom is -0.298 e.